The van der Waals surface area contributed by atoms with Gasteiger partial charge in [-0.3, -0.25) is 53.6 Å². The van der Waals surface area contributed by atoms with Crippen LogP contribution in [0.15, 0.2) is 161 Å². The smallest absolute Gasteiger partial charge is 0.261 e. The molecule has 3 N–H and O–H groups in total. The number of hydrogen-bond donors (Lipinski definition) is 3. The number of amides is 5. The lowest BCUT2D eigenvalue weighted by Gasteiger charge is -2.27. The van der Waals surface area contributed by atoms with Crippen LogP contribution in [0.5, 0.6) is 23.0 Å². The van der Waals surface area contributed by atoms with Crippen LogP contribution < -0.4 is 38.7 Å². The molecule has 6 aliphatic heterocycles. The quantitative estimate of drug-likeness (QED) is 0.0241. The van der Waals surface area contributed by atoms with Gasteiger partial charge in [0.15, 0.2) is 11.5 Å². The summed E-state index contributed by atoms with van der Waals surface area (Å²) < 4.78 is 41.7. The van der Waals surface area contributed by atoms with Gasteiger partial charge in [-0.1, -0.05) is 118 Å². The molecule has 122 heavy (non-hydrogen) atoms. The lowest BCUT2D eigenvalue weighted by molar-refractivity contribution is -0.119. The Hall–Kier alpha value is -9.52. The van der Waals surface area contributed by atoms with Gasteiger partial charge in [-0.25, -0.2) is 0 Å². The average Bonchev–Trinajstić information content (AvgIpc) is 1.62. The zero-order chi connectivity index (χ0) is 86.6. The van der Waals surface area contributed by atoms with E-state index >= 15 is 0 Å². The minimum atomic E-state index is -0.201. The van der Waals surface area contributed by atoms with Gasteiger partial charge in [-0.2, -0.15) is 0 Å². The van der Waals surface area contributed by atoms with Crippen molar-refractivity contribution in [2.75, 3.05) is 110 Å². The molecule has 8 aromatic carbocycles. The average molecular weight is 1730 g/mol. The van der Waals surface area contributed by atoms with E-state index in [0.29, 0.717) is 171 Å². The molecule has 27 heteroatoms. The number of aromatic hydroxyl groups is 1. The number of methoxy groups -OCH3 is 1. The first-order valence-electron chi connectivity index (χ1n) is 41.6. The Balaban J connectivity index is 0.000000216. The highest BCUT2D eigenvalue weighted by Gasteiger charge is 2.40. The monoisotopic (exact) mass is 1730 g/mol. The standard InChI is InChI=1S/C56H61N5O8S2.C22H37NO5S2.C17H14N2O2/c1-7-19-66-21-22-67-20-18-59(53(62)16-17-56(3,4)71-70-6)41-25-37(34-68-50-30-46-44(23-36(50)2)54(63)60-42(32-57-46)27-39-12-8-10-14-48(39)60)24-38(26-41)35-69-52-31-47-45(29-51(52)65-5)55(64)61-43(33-58-47)28-40-13-9-11-15-49(40)61;1-5-9-27-11-12-28-10-8-23(21(26)6-7-22(2,3)30-29-4)20-14-18(16-24)13-19(15-20)17-25;1-10-6-13-14(8-16(10)20)18-9-12-7-11-4-2-3-5-15(11)19(12)17(13)21/h8-15,23-26,29-33,42-43H,7,16-22,27-28,34-35H2,1-6H3;13-15,24-25H,5-12,16-17H2,1-4H3;2-6,8-9,12,20H,7H2,1H3/t;;12-/m..0/s1. The molecular formula is C95H112N8O15S4. The Morgan fingerprint density at radius 2 is 0.836 bits per heavy atom. The summed E-state index contributed by atoms with van der Waals surface area (Å²) in [6, 6.07) is 45.2. The molecule has 0 aromatic heterocycles. The molecule has 14 rings (SSSR count). The lowest BCUT2D eigenvalue weighted by Crippen LogP contribution is -2.37. The number of phenolic OH excluding ortho intramolecular Hbond substituents is 1. The second-order valence-corrected chi connectivity index (χ2v) is 38.1. The molecule has 646 valence electrons. The molecule has 5 amide bonds. The molecular weight excluding hydrogens is 1620 g/mol. The predicted molar refractivity (Wildman–Crippen MR) is 494 cm³/mol. The van der Waals surface area contributed by atoms with Crippen molar-refractivity contribution in [2.45, 2.75) is 167 Å². The van der Waals surface area contributed by atoms with Crippen LogP contribution in [0.3, 0.4) is 0 Å². The van der Waals surface area contributed by atoms with Gasteiger partial charge in [0.2, 0.25) is 11.8 Å². The zero-order valence-electron chi connectivity index (χ0n) is 71.5. The van der Waals surface area contributed by atoms with Crippen molar-refractivity contribution in [1.82, 2.24) is 0 Å². The van der Waals surface area contributed by atoms with Crippen LogP contribution in [0.1, 0.15) is 161 Å². The predicted octanol–water partition coefficient (Wildman–Crippen LogP) is 18.1. The van der Waals surface area contributed by atoms with Gasteiger partial charge in [-0.05, 0) is 197 Å². The molecule has 0 aliphatic carbocycles. The fraction of sp³-hybridized carbons (Fsp3) is 0.411. The third-order valence-electron chi connectivity index (χ3n) is 21.7. The normalized spacial score (nSPS) is 15.7. The molecule has 2 unspecified atom stereocenters. The molecule has 8 aromatic rings. The maximum Gasteiger partial charge on any atom is 0.261 e. The molecule has 3 atom stereocenters. The highest BCUT2D eigenvalue weighted by Crippen LogP contribution is 2.45. The van der Waals surface area contributed by atoms with Crippen molar-refractivity contribution in [3.63, 3.8) is 0 Å². The first kappa shape index (κ1) is 91.7. The largest absolute Gasteiger partial charge is 0.508 e. The van der Waals surface area contributed by atoms with Crippen LogP contribution >= 0.6 is 43.2 Å². The Morgan fingerprint density at radius 1 is 0.467 bits per heavy atom. The number of carbonyl (C=O) groups excluding carboxylic acids is 5. The maximum absolute atomic E-state index is 14.4. The van der Waals surface area contributed by atoms with Crippen LogP contribution in [0.25, 0.3) is 0 Å². The number of carbonyl (C=O) groups is 5. The highest BCUT2D eigenvalue weighted by molar-refractivity contribution is 8.77. The Morgan fingerprint density at radius 3 is 1.25 bits per heavy atom. The van der Waals surface area contributed by atoms with Crippen LogP contribution in [0.4, 0.5) is 45.5 Å². The number of benzene rings is 8. The first-order valence-corrected chi connectivity index (χ1v) is 46.7. The van der Waals surface area contributed by atoms with Gasteiger partial charge < -0.3 is 58.3 Å². The van der Waals surface area contributed by atoms with E-state index in [1.807, 2.05) is 132 Å². The highest BCUT2D eigenvalue weighted by atomic mass is 33.1. The number of para-hydroxylation sites is 3. The van der Waals surface area contributed by atoms with E-state index in [-0.39, 0.29) is 89.3 Å². The van der Waals surface area contributed by atoms with Gasteiger partial charge in [0.25, 0.3) is 17.7 Å². The summed E-state index contributed by atoms with van der Waals surface area (Å²) in [4.78, 5) is 91.7. The maximum atomic E-state index is 14.4. The Kier molecular flexibility index (Phi) is 32.5. The topological polar surface area (TPSA) is 264 Å². The Bertz CT molecular complexity index is 5120. The molecule has 6 aliphatic rings. The number of anilines is 5. The van der Waals surface area contributed by atoms with Gasteiger partial charge in [-0.15, -0.1) is 0 Å². The summed E-state index contributed by atoms with van der Waals surface area (Å²) >= 11 is 0. The summed E-state index contributed by atoms with van der Waals surface area (Å²) in [7, 11) is 8.48. The summed E-state index contributed by atoms with van der Waals surface area (Å²) in [6.45, 7) is 21.1. The third-order valence-corrected chi connectivity index (χ3v) is 27.1. The fourth-order valence-corrected chi connectivity index (χ4v) is 20.1. The number of nitrogens with zero attached hydrogens (tertiary/aromatic N) is 8. The summed E-state index contributed by atoms with van der Waals surface area (Å²) in [6.07, 6.45) is 15.9. The SMILES string of the molecule is CCCOCCOCCN(C(=O)CCC(C)(C)SSC)c1cc(CO)cc(CO)c1.CCCOCCOCCN(C(=O)CCC(C)(C)SSC)c1cc(COc2cc3c(cc2C)C(=O)N2c4ccccc4CC2C=N3)cc(COc2cc3c(cc2OC)C(=O)N2c4ccccc4CC2C=N3)c1.Cc1cc2c(cc1O)N=C[C@@H]1Cc3ccccc3N1C2=O. The molecule has 6 heterocycles. The Labute approximate surface area is 732 Å². The third kappa shape index (κ3) is 22.9. The number of rotatable bonds is 37. The first-order chi connectivity index (χ1) is 59.0. The molecule has 0 saturated heterocycles. The van der Waals surface area contributed by atoms with E-state index in [0.717, 1.165) is 77.2 Å². The number of ether oxygens (including phenoxy) is 7. The summed E-state index contributed by atoms with van der Waals surface area (Å²) in [5.74, 6) is 1.26. The van der Waals surface area contributed by atoms with Gasteiger partial charge >= 0.3 is 0 Å². The molecule has 23 nitrogen and oxygen atoms in total. The van der Waals surface area contributed by atoms with E-state index in [1.54, 1.807) is 121 Å². The lowest BCUT2D eigenvalue weighted by atomic mass is 10.0. The number of phenols is 1. The van der Waals surface area contributed by atoms with Crippen LogP contribution in [-0.4, -0.2) is 177 Å². The number of aliphatic hydroxyl groups is 2. The van der Waals surface area contributed by atoms with Gasteiger partial charge in [0, 0.05) is 133 Å². The molecule has 0 bridgehead atoms. The van der Waals surface area contributed by atoms with Crippen LogP contribution in [0, 0.1) is 13.8 Å². The second kappa shape index (κ2) is 43.2. The molecule has 0 radical (unpaired) electrons. The van der Waals surface area contributed by atoms with E-state index in [1.165, 1.54) is 5.56 Å². The second-order valence-electron chi connectivity index (χ2n) is 31.8. The van der Waals surface area contributed by atoms with Crippen LogP contribution in [0.2, 0.25) is 0 Å². The summed E-state index contributed by atoms with van der Waals surface area (Å²) in [5, 5.41) is 28.9. The van der Waals surface area contributed by atoms with E-state index in [4.69, 9.17) is 43.1 Å². The number of fused-ring (bicyclic) bond motifs is 12. The van der Waals surface area contributed by atoms with Crippen molar-refractivity contribution in [3.8, 4) is 23.0 Å². The number of aliphatic imine (C=N–C) groups is 3. The fourth-order valence-electron chi connectivity index (χ4n) is 15.6. The number of aliphatic hydroxyl groups excluding tert-OH is 2. The minimum Gasteiger partial charge on any atom is -0.508 e. The van der Waals surface area contributed by atoms with Crippen molar-refractivity contribution < 1.29 is 72.5 Å². The van der Waals surface area contributed by atoms with Crippen molar-refractivity contribution in [2.24, 2.45) is 15.0 Å². The molecule has 0 fully saturated rings. The van der Waals surface area contributed by atoms with Crippen molar-refractivity contribution >= 4 is 137 Å². The molecule has 0 spiro atoms. The number of hydrogen-bond acceptors (Lipinski definition) is 22. The van der Waals surface area contributed by atoms with Gasteiger partial charge in [0.1, 0.15) is 24.7 Å². The van der Waals surface area contributed by atoms with E-state index < -0.39 is 0 Å². The molecule has 0 saturated carbocycles. The van der Waals surface area contributed by atoms with E-state index in [9.17, 15) is 39.3 Å². The number of aryl methyl sites for hydroxylation is 2. The minimum absolute atomic E-state index is 0.00291. The zero-order valence-corrected chi connectivity index (χ0v) is 74.8. The van der Waals surface area contributed by atoms with Gasteiger partial charge in [0.05, 0.1) is 112 Å². The van der Waals surface area contributed by atoms with Crippen molar-refractivity contribution in [3.05, 3.63) is 212 Å². The van der Waals surface area contributed by atoms with Crippen molar-refractivity contribution in [1.29, 1.82) is 0 Å². The summed E-state index contributed by atoms with van der Waals surface area (Å²) in [5.41, 5.74) is 15.0. The van der Waals surface area contributed by atoms with Crippen LogP contribution in [-0.2, 0) is 74.2 Å². The van der Waals surface area contributed by atoms with E-state index in [2.05, 4.69) is 58.9 Å².